The van der Waals surface area contributed by atoms with Gasteiger partial charge in [0.05, 0.1) is 0 Å². The van der Waals surface area contributed by atoms with Gasteiger partial charge in [0.2, 0.25) is 5.88 Å². The molecule has 0 saturated carbocycles. The van der Waals surface area contributed by atoms with Gasteiger partial charge in [-0.05, 0) is 37.0 Å². The fraction of sp³-hybridized carbons (Fsp3) is 0.385. The summed E-state index contributed by atoms with van der Waals surface area (Å²) in [6, 6.07) is 3.67. The van der Waals surface area contributed by atoms with E-state index in [1.807, 2.05) is 6.07 Å². The van der Waals surface area contributed by atoms with Gasteiger partial charge in [-0.15, -0.1) is 0 Å². The van der Waals surface area contributed by atoms with E-state index >= 15 is 0 Å². The Labute approximate surface area is 101 Å². The lowest BCUT2D eigenvalue weighted by atomic mass is 10.1. The summed E-state index contributed by atoms with van der Waals surface area (Å²) < 4.78 is 4.94. The molecule has 2 heterocycles. The van der Waals surface area contributed by atoms with Crippen LogP contribution in [0.25, 0.3) is 6.08 Å². The highest BCUT2D eigenvalue weighted by Gasteiger charge is 2.05. The fourth-order valence-corrected chi connectivity index (χ4v) is 1.82. The molecule has 1 fully saturated rings. The number of ether oxygens (including phenoxy) is 1. The molecule has 0 amide bonds. The Morgan fingerprint density at radius 2 is 2.41 bits per heavy atom. The van der Waals surface area contributed by atoms with Gasteiger partial charge in [-0.3, -0.25) is 4.79 Å². The summed E-state index contributed by atoms with van der Waals surface area (Å²) in [6.45, 7) is 2.41. The van der Waals surface area contributed by atoms with Crippen molar-refractivity contribution in [2.24, 2.45) is 0 Å². The number of rotatable bonds is 2. The van der Waals surface area contributed by atoms with Crippen molar-refractivity contribution in [2.45, 2.75) is 26.2 Å². The van der Waals surface area contributed by atoms with Crippen LogP contribution < -0.4 is 10.1 Å². The molecular formula is C13H16N2O2. The number of hydrogen-bond donors (Lipinski definition) is 1. The molecule has 0 spiro atoms. The van der Waals surface area contributed by atoms with Crippen LogP contribution in [0.4, 0.5) is 0 Å². The molecule has 0 atom stereocenters. The molecule has 0 radical (unpaired) electrons. The molecule has 1 aliphatic rings. The average Bonchev–Trinajstić information content (AvgIpc) is 2.30. The quantitative estimate of drug-likeness (QED) is 0.793. The van der Waals surface area contributed by atoms with E-state index in [1.54, 1.807) is 12.3 Å². The first-order chi connectivity index (χ1) is 8.24. The number of pyridine rings is 1. The van der Waals surface area contributed by atoms with Crippen LogP contribution in [0.3, 0.4) is 0 Å². The zero-order valence-corrected chi connectivity index (χ0v) is 9.90. The number of allylic oxidation sites excluding steroid dienone is 1. The smallest absolute Gasteiger partial charge is 0.309 e. The molecule has 0 aromatic carbocycles. The molecule has 4 nitrogen and oxygen atoms in total. The molecule has 90 valence electrons. The second kappa shape index (κ2) is 5.48. The van der Waals surface area contributed by atoms with Crippen LogP contribution in [0.1, 0.15) is 31.7 Å². The molecule has 1 aromatic rings. The molecule has 0 aliphatic carbocycles. The molecule has 1 saturated heterocycles. The van der Waals surface area contributed by atoms with Crippen LogP contribution in [0.2, 0.25) is 0 Å². The predicted octanol–water partition coefficient (Wildman–Crippen LogP) is 2.12. The minimum Gasteiger partial charge on any atom is -0.408 e. The third kappa shape index (κ3) is 3.59. The Morgan fingerprint density at radius 1 is 1.53 bits per heavy atom. The van der Waals surface area contributed by atoms with Crippen molar-refractivity contribution < 1.29 is 9.53 Å². The number of esters is 1. The monoisotopic (exact) mass is 232 g/mol. The van der Waals surface area contributed by atoms with Gasteiger partial charge in [0.1, 0.15) is 0 Å². The summed E-state index contributed by atoms with van der Waals surface area (Å²) in [4.78, 5) is 14.8. The maximum atomic E-state index is 10.8. The van der Waals surface area contributed by atoms with E-state index in [0.717, 1.165) is 18.5 Å². The second-order valence-electron chi connectivity index (χ2n) is 4.07. The standard InChI is InChI=1S/C13H16N2O2/c1-10(16)17-13-9-11(5-7-15-13)8-12-4-2-3-6-14-12/h5,7-9,14H,2-4,6H2,1H3/b12-8+. The lowest BCUT2D eigenvalue weighted by molar-refractivity contribution is -0.132. The highest BCUT2D eigenvalue weighted by Crippen LogP contribution is 2.16. The highest BCUT2D eigenvalue weighted by molar-refractivity contribution is 5.69. The first-order valence-electron chi connectivity index (χ1n) is 5.83. The Kier molecular flexibility index (Phi) is 3.75. The maximum Gasteiger partial charge on any atom is 0.309 e. The van der Waals surface area contributed by atoms with E-state index in [1.165, 1.54) is 25.5 Å². The van der Waals surface area contributed by atoms with Crippen molar-refractivity contribution in [2.75, 3.05) is 6.54 Å². The number of hydrogen-bond acceptors (Lipinski definition) is 4. The van der Waals surface area contributed by atoms with Crippen molar-refractivity contribution in [1.82, 2.24) is 10.3 Å². The van der Waals surface area contributed by atoms with Gasteiger partial charge >= 0.3 is 5.97 Å². The molecule has 4 heteroatoms. The fourth-order valence-electron chi connectivity index (χ4n) is 1.82. The van der Waals surface area contributed by atoms with E-state index in [0.29, 0.717) is 5.88 Å². The Balaban J connectivity index is 2.12. The van der Waals surface area contributed by atoms with Crippen LogP contribution in [0, 0.1) is 0 Å². The van der Waals surface area contributed by atoms with E-state index < -0.39 is 0 Å². The molecule has 17 heavy (non-hydrogen) atoms. The van der Waals surface area contributed by atoms with Gasteiger partial charge in [-0.1, -0.05) is 0 Å². The van der Waals surface area contributed by atoms with Gasteiger partial charge < -0.3 is 10.1 Å². The predicted molar refractivity (Wildman–Crippen MR) is 65.4 cm³/mol. The number of carbonyl (C=O) groups is 1. The Bertz CT molecular complexity index is 433. The number of carbonyl (C=O) groups excluding carboxylic acids is 1. The largest absolute Gasteiger partial charge is 0.408 e. The minimum atomic E-state index is -0.349. The molecule has 0 bridgehead atoms. The second-order valence-corrected chi connectivity index (χ2v) is 4.07. The van der Waals surface area contributed by atoms with Gasteiger partial charge in [0, 0.05) is 31.4 Å². The van der Waals surface area contributed by atoms with Gasteiger partial charge in [0.15, 0.2) is 0 Å². The maximum absolute atomic E-state index is 10.8. The SMILES string of the molecule is CC(=O)Oc1cc(/C=C2\CCCCN2)ccn1. The van der Waals surface area contributed by atoms with E-state index in [-0.39, 0.29) is 5.97 Å². The van der Waals surface area contributed by atoms with Gasteiger partial charge in [0.25, 0.3) is 0 Å². The van der Waals surface area contributed by atoms with Crippen molar-refractivity contribution in [3.8, 4) is 5.88 Å². The van der Waals surface area contributed by atoms with Crippen LogP contribution >= 0.6 is 0 Å². The lowest BCUT2D eigenvalue weighted by Crippen LogP contribution is -2.19. The van der Waals surface area contributed by atoms with Crippen LogP contribution in [0.5, 0.6) is 5.88 Å². The zero-order valence-electron chi connectivity index (χ0n) is 9.90. The summed E-state index contributed by atoms with van der Waals surface area (Å²) in [5.74, 6) is 0.000698. The zero-order chi connectivity index (χ0) is 12.1. The first-order valence-corrected chi connectivity index (χ1v) is 5.83. The van der Waals surface area contributed by atoms with Crippen LogP contribution in [0.15, 0.2) is 24.0 Å². The number of piperidine rings is 1. The molecule has 1 aromatic heterocycles. The van der Waals surface area contributed by atoms with Crippen molar-refractivity contribution in [3.63, 3.8) is 0 Å². The van der Waals surface area contributed by atoms with Gasteiger partial charge in [-0.2, -0.15) is 0 Å². The molecule has 0 unspecified atom stereocenters. The molecular weight excluding hydrogens is 216 g/mol. The third-order valence-corrected chi connectivity index (χ3v) is 2.57. The molecule has 2 rings (SSSR count). The van der Waals surface area contributed by atoms with Crippen molar-refractivity contribution in [3.05, 3.63) is 29.6 Å². The minimum absolute atomic E-state index is 0.349. The number of aromatic nitrogens is 1. The van der Waals surface area contributed by atoms with E-state index in [2.05, 4.69) is 16.4 Å². The molecule has 1 aliphatic heterocycles. The topological polar surface area (TPSA) is 51.2 Å². The summed E-state index contributed by atoms with van der Waals surface area (Å²) in [6.07, 6.45) is 7.25. The van der Waals surface area contributed by atoms with Gasteiger partial charge in [-0.25, -0.2) is 4.98 Å². The lowest BCUT2D eigenvalue weighted by Gasteiger charge is -2.16. The summed E-state index contributed by atoms with van der Waals surface area (Å²) in [5.41, 5.74) is 2.23. The summed E-state index contributed by atoms with van der Waals surface area (Å²) >= 11 is 0. The van der Waals surface area contributed by atoms with Crippen LogP contribution in [-0.2, 0) is 4.79 Å². The molecule has 1 N–H and O–H groups in total. The first kappa shape index (κ1) is 11.6. The summed E-state index contributed by atoms with van der Waals surface area (Å²) in [5, 5.41) is 3.36. The van der Waals surface area contributed by atoms with E-state index in [9.17, 15) is 4.79 Å². The van der Waals surface area contributed by atoms with Crippen molar-refractivity contribution in [1.29, 1.82) is 0 Å². The summed E-state index contributed by atoms with van der Waals surface area (Å²) in [7, 11) is 0. The third-order valence-electron chi connectivity index (χ3n) is 2.57. The van der Waals surface area contributed by atoms with Crippen molar-refractivity contribution >= 4 is 12.0 Å². The highest BCUT2D eigenvalue weighted by atomic mass is 16.5. The number of nitrogens with one attached hydrogen (secondary N) is 1. The Hall–Kier alpha value is -1.84. The normalized spacial score (nSPS) is 17.6. The average molecular weight is 232 g/mol. The van der Waals surface area contributed by atoms with E-state index in [4.69, 9.17) is 4.74 Å². The van der Waals surface area contributed by atoms with Crippen LogP contribution in [-0.4, -0.2) is 17.5 Å². The Morgan fingerprint density at radius 3 is 3.12 bits per heavy atom. The number of nitrogens with zero attached hydrogens (tertiary/aromatic N) is 1.